The molecule has 4 rings (SSSR count). The highest BCUT2D eigenvalue weighted by Gasteiger charge is 2.47. The zero-order chi connectivity index (χ0) is 16.4. The molecule has 24 heavy (non-hydrogen) atoms. The minimum absolute atomic E-state index is 0.354. The SMILES string of the molecule is O=C1OC2(CCNCC2)CN1C1=COC=C(CC2=CC=CCC2)O1. The predicted octanol–water partition coefficient (Wildman–Crippen LogP) is 2.91. The fourth-order valence-electron chi connectivity index (χ4n) is 3.51. The van der Waals surface area contributed by atoms with Gasteiger partial charge in [-0.3, -0.25) is 0 Å². The van der Waals surface area contributed by atoms with Gasteiger partial charge in [-0.05, 0) is 25.9 Å². The molecule has 1 N–H and O–H groups in total. The van der Waals surface area contributed by atoms with Crippen molar-refractivity contribution in [1.29, 1.82) is 0 Å². The molecule has 0 bridgehead atoms. The third kappa shape index (κ3) is 3.06. The van der Waals surface area contributed by atoms with Crippen LogP contribution in [0.4, 0.5) is 4.79 Å². The largest absolute Gasteiger partial charge is 0.464 e. The number of nitrogens with zero attached hydrogens (tertiary/aromatic N) is 1. The van der Waals surface area contributed by atoms with Crippen molar-refractivity contribution in [1.82, 2.24) is 10.2 Å². The van der Waals surface area contributed by atoms with Gasteiger partial charge in [-0.2, -0.15) is 0 Å². The minimum atomic E-state index is -0.398. The Labute approximate surface area is 141 Å². The van der Waals surface area contributed by atoms with Crippen LogP contribution in [0.25, 0.3) is 0 Å². The van der Waals surface area contributed by atoms with Gasteiger partial charge in [0.2, 0.25) is 5.88 Å². The third-order valence-corrected chi connectivity index (χ3v) is 4.86. The lowest BCUT2D eigenvalue weighted by molar-refractivity contribution is 0.0316. The Hall–Kier alpha value is -2.21. The van der Waals surface area contributed by atoms with Gasteiger partial charge in [-0.1, -0.05) is 23.8 Å². The van der Waals surface area contributed by atoms with E-state index < -0.39 is 5.60 Å². The summed E-state index contributed by atoms with van der Waals surface area (Å²) in [7, 11) is 0. The Morgan fingerprint density at radius 3 is 2.92 bits per heavy atom. The smallest absolute Gasteiger partial charge is 0.417 e. The van der Waals surface area contributed by atoms with E-state index in [0.29, 0.717) is 24.6 Å². The van der Waals surface area contributed by atoms with E-state index in [1.54, 1.807) is 11.2 Å². The van der Waals surface area contributed by atoms with Crippen molar-refractivity contribution >= 4 is 6.09 Å². The van der Waals surface area contributed by atoms with Crippen molar-refractivity contribution < 1.29 is 19.0 Å². The molecule has 0 atom stereocenters. The van der Waals surface area contributed by atoms with Gasteiger partial charge in [0.25, 0.3) is 0 Å². The van der Waals surface area contributed by atoms with Crippen LogP contribution >= 0.6 is 0 Å². The molecule has 6 heteroatoms. The standard InChI is InChI=1S/C18H22N2O4/c21-17-20(13-18(24-17)6-8-19-9-7-18)16-12-22-11-15(23-16)10-14-4-2-1-3-5-14/h1-2,4,11-12,19H,3,5-10,13H2. The van der Waals surface area contributed by atoms with E-state index in [1.807, 2.05) is 0 Å². The molecule has 0 radical (unpaired) electrons. The van der Waals surface area contributed by atoms with Crippen molar-refractivity contribution in [2.24, 2.45) is 0 Å². The highest BCUT2D eigenvalue weighted by atomic mass is 16.6. The Balaban J connectivity index is 1.41. The molecule has 0 unspecified atom stereocenters. The van der Waals surface area contributed by atoms with Gasteiger partial charge in [-0.15, -0.1) is 0 Å². The van der Waals surface area contributed by atoms with E-state index in [2.05, 4.69) is 23.5 Å². The summed E-state index contributed by atoms with van der Waals surface area (Å²) in [6, 6.07) is 0. The summed E-state index contributed by atoms with van der Waals surface area (Å²) >= 11 is 0. The second-order valence-electron chi connectivity index (χ2n) is 6.63. The highest BCUT2D eigenvalue weighted by molar-refractivity contribution is 5.72. The lowest BCUT2D eigenvalue weighted by atomic mass is 9.92. The normalized spacial score (nSPS) is 25.4. The number of carbonyl (C=O) groups is 1. The Kier molecular flexibility index (Phi) is 4.06. The molecule has 1 amide bonds. The van der Waals surface area contributed by atoms with Crippen LogP contribution < -0.4 is 5.32 Å². The van der Waals surface area contributed by atoms with E-state index in [0.717, 1.165) is 38.8 Å². The fourth-order valence-corrected chi connectivity index (χ4v) is 3.51. The molecule has 128 valence electrons. The summed E-state index contributed by atoms with van der Waals surface area (Å²) < 4.78 is 17.0. The summed E-state index contributed by atoms with van der Waals surface area (Å²) in [6.07, 6.45) is 13.5. The first kappa shape index (κ1) is 15.3. The molecule has 6 nitrogen and oxygen atoms in total. The zero-order valence-corrected chi connectivity index (χ0v) is 13.6. The van der Waals surface area contributed by atoms with Gasteiger partial charge in [0, 0.05) is 19.3 Å². The number of piperidine rings is 1. The lowest BCUT2D eigenvalue weighted by Crippen LogP contribution is -2.44. The molecule has 2 saturated heterocycles. The third-order valence-electron chi connectivity index (χ3n) is 4.86. The summed E-state index contributed by atoms with van der Waals surface area (Å²) in [5, 5.41) is 3.30. The second-order valence-corrected chi connectivity index (χ2v) is 6.63. The van der Waals surface area contributed by atoms with E-state index in [4.69, 9.17) is 14.2 Å². The summed E-state index contributed by atoms with van der Waals surface area (Å²) in [5.74, 6) is 1.13. The molecular formula is C18H22N2O4. The van der Waals surface area contributed by atoms with E-state index in [1.165, 1.54) is 11.8 Å². The van der Waals surface area contributed by atoms with Crippen LogP contribution in [0.3, 0.4) is 0 Å². The maximum absolute atomic E-state index is 12.3. The van der Waals surface area contributed by atoms with Gasteiger partial charge in [0.15, 0.2) is 6.26 Å². The van der Waals surface area contributed by atoms with Crippen molar-refractivity contribution in [2.75, 3.05) is 19.6 Å². The van der Waals surface area contributed by atoms with Crippen LogP contribution in [0.1, 0.15) is 32.1 Å². The number of ether oxygens (including phenoxy) is 3. The average Bonchev–Trinajstić information content (AvgIpc) is 2.92. The minimum Gasteiger partial charge on any atom is -0.464 e. The Bertz CT molecular complexity index is 641. The Morgan fingerprint density at radius 2 is 2.12 bits per heavy atom. The van der Waals surface area contributed by atoms with Gasteiger partial charge < -0.3 is 19.5 Å². The molecule has 2 fully saturated rings. The van der Waals surface area contributed by atoms with Gasteiger partial charge in [-0.25, -0.2) is 9.69 Å². The number of hydrogen-bond donors (Lipinski definition) is 1. The van der Waals surface area contributed by atoms with Crippen LogP contribution in [0.15, 0.2) is 48.0 Å². The van der Waals surface area contributed by atoms with Gasteiger partial charge >= 0.3 is 6.09 Å². The molecule has 3 heterocycles. The van der Waals surface area contributed by atoms with E-state index >= 15 is 0 Å². The van der Waals surface area contributed by atoms with Crippen LogP contribution in [-0.2, 0) is 14.2 Å². The molecule has 4 aliphatic rings. The molecule has 3 aliphatic heterocycles. The number of nitrogens with one attached hydrogen (secondary N) is 1. The van der Waals surface area contributed by atoms with Crippen LogP contribution in [0.5, 0.6) is 0 Å². The van der Waals surface area contributed by atoms with Crippen LogP contribution in [0, 0.1) is 0 Å². The lowest BCUT2D eigenvalue weighted by Gasteiger charge is -2.31. The number of allylic oxidation sites excluding steroid dienone is 4. The summed E-state index contributed by atoms with van der Waals surface area (Å²) in [4.78, 5) is 13.9. The molecular weight excluding hydrogens is 308 g/mol. The van der Waals surface area contributed by atoms with Crippen LogP contribution in [-0.4, -0.2) is 36.2 Å². The Morgan fingerprint density at radius 1 is 1.25 bits per heavy atom. The molecule has 0 aromatic rings. The van der Waals surface area contributed by atoms with Crippen molar-refractivity contribution in [3.63, 3.8) is 0 Å². The maximum atomic E-state index is 12.3. The van der Waals surface area contributed by atoms with E-state index in [-0.39, 0.29) is 6.09 Å². The summed E-state index contributed by atoms with van der Waals surface area (Å²) in [5.41, 5.74) is 0.900. The average molecular weight is 330 g/mol. The van der Waals surface area contributed by atoms with Crippen molar-refractivity contribution in [3.05, 3.63) is 48.0 Å². The van der Waals surface area contributed by atoms with Gasteiger partial charge in [0.1, 0.15) is 17.6 Å². The first-order valence-corrected chi connectivity index (χ1v) is 8.52. The quantitative estimate of drug-likeness (QED) is 0.862. The first-order valence-electron chi connectivity index (χ1n) is 8.52. The molecule has 0 aromatic carbocycles. The zero-order valence-electron chi connectivity index (χ0n) is 13.6. The molecule has 1 aliphatic carbocycles. The van der Waals surface area contributed by atoms with E-state index in [9.17, 15) is 4.79 Å². The molecule has 0 saturated carbocycles. The molecule has 1 spiro atoms. The second kappa shape index (κ2) is 6.36. The van der Waals surface area contributed by atoms with Crippen LogP contribution in [0.2, 0.25) is 0 Å². The highest BCUT2D eigenvalue weighted by Crippen LogP contribution is 2.35. The first-order chi connectivity index (χ1) is 11.7. The van der Waals surface area contributed by atoms with Crippen molar-refractivity contribution in [2.45, 2.75) is 37.7 Å². The number of carbonyl (C=O) groups excluding carboxylic acids is 1. The number of hydrogen-bond acceptors (Lipinski definition) is 5. The fraction of sp³-hybridized carbons (Fsp3) is 0.500. The monoisotopic (exact) mass is 330 g/mol. The maximum Gasteiger partial charge on any atom is 0.417 e. The van der Waals surface area contributed by atoms with Gasteiger partial charge in [0.05, 0.1) is 6.54 Å². The summed E-state index contributed by atoms with van der Waals surface area (Å²) in [6.45, 7) is 2.25. The molecule has 0 aromatic heterocycles. The van der Waals surface area contributed by atoms with Crippen molar-refractivity contribution in [3.8, 4) is 0 Å². The topological polar surface area (TPSA) is 60.0 Å². The number of amides is 1. The number of rotatable bonds is 3. The predicted molar refractivity (Wildman–Crippen MR) is 87.4 cm³/mol.